The molecule has 0 spiro atoms. The van der Waals surface area contributed by atoms with E-state index in [0.717, 1.165) is 20.9 Å². The third-order valence-electron chi connectivity index (χ3n) is 3.23. The number of hydrogen-bond acceptors (Lipinski definition) is 2. The van der Waals surface area contributed by atoms with E-state index in [1.807, 2.05) is 49.4 Å². The molecule has 0 radical (unpaired) electrons. The van der Waals surface area contributed by atoms with Crippen LogP contribution < -0.4 is 0 Å². The van der Waals surface area contributed by atoms with Gasteiger partial charge in [-0.25, -0.2) is 4.21 Å². The average Bonchev–Trinajstić information content (AvgIpc) is 3.03. The zero-order chi connectivity index (χ0) is 15.4. The Kier molecular flexibility index (Phi) is 4.61. The van der Waals surface area contributed by atoms with Gasteiger partial charge >= 0.3 is 0 Å². The molecule has 0 aliphatic rings. The SMILES string of the molecule is Cc1ccc([S@@](=O)N=Cc2cc(-c3ccccc3)cs2)cc1. The Hall–Kier alpha value is -2.04. The normalized spacial score (nSPS) is 12.6. The minimum absolute atomic E-state index is 0.724. The highest BCUT2D eigenvalue weighted by molar-refractivity contribution is 7.83. The smallest absolute Gasteiger partial charge is 0.172 e. The summed E-state index contributed by atoms with van der Waals surface area (Å²) in [6.45, 7) is 2.01. The van der Waals surface area contributed by atoms with Crippen LogP contribution in [0.3, 0.4) is 0 Å². The van der Waals surface area contributed by atoms with Crippen LogP contribution in [0.2, 0.25) is 0 Å². The summed E-state index contributed by atoms with van der Waals surface area (Å²) < 4.78 is 16.3. The highest BCUT2D eigenvalue weighted by Gasteiger charge is 2.03. The summed E-state index contributed by atoms with van der Waals surface area (Å²) >= 11 is 1.60. The van der Waals surface area contributed by atoms with Gasteiger partial charge in [-0.3, -0.25) is 0 Å². The fourth-order valence-electron chi connectivity index (χ4n) is 2.02. The third-order valence-corrected chi connectivity index (χ3v) is 5.06. The van der Waals surface area contributed by atoms with Crippen molar-refractivity contribution in [2.24, 2.45) is 4.40 Å². The topological polar surface area (TPSA) is 29.4 Å². The summed E-state index contributed by atoms with van der Waals surface area (Å²) in [6, 6.07) is 19.9. The molecule has 1 aromatic heterocycles. The van der Waals surface area contributed by atoms with E-state index in [1.165, 1.54) is 5.56 Å². The minimum Gasteiger partial charge on any atom is -0.229 e. The molecule has 0 N–H and O–H groups in total. The van der Waals surface area contributed by atoms with Crippen LogP contribution in [0.1, 0.15) is 10.4 Å². The molecule has 0 amide bonds. The second kappa shape index (κ2) is 6.81. The van der Waals surface area contributed by atoms with E-state index in [2.05, 4.69) is 28.0 Å². The Balaban J connectivity index is 1.75. The second-order valence-electron chi connectivity index (χ2n) is 4.90. The minimum atomic E-state index is -1.35. The number of aryl methyl sites for hydroxylation is 1. The van der Waals surface area contributed by atoms with Crippen molar-refractivity contribution >= 4 is 28.5 Å². The van der Waals surface area contributed by atoms with Crippen LogP contribution in [0.25, 0.3) is 11.1 Å². The molecule has 0 bridgehead atoms. The Morgan fingerprint density at radius 3 is 2.45 bits per heavy atom. The summed E-state index contributed by atoms with van der Waals surface area (Å²) in [5.41, 5.74) is 3.49. The zero-order valence-corrected chi connectivity index (χ0v) is 13.7. The van der Waals surface area contributed by atoms with Crippen molar-refractivity contribution in [3.8, 4) is 11.1 Å². The predicted molar refractivity (Wildman–Crippen MR) is 94.9 cm³/mol. The zero-order valence-electron chi connectivity index (χ0n) is 12.1. The molecule has 22 heavy (non-hydrogen) atoms. The standard InChI is InChI=1S/C18H15NOS2/c1-14-7-9-18(10-8-14)22(20)19-12-17-11-16(13-21-17)15-5-3-2-4-6-15/h2-13H,1H3/t22-/m1/s1. The van der Waals surface area contributed by atoms with E-state index in [0.29, 0.717) is 0 Å². The lowest BCUT2D eigenvalue weighted by Gasteiger charge is -1.96. The van der Waals surface area contributed by atoms with Crippen LogP contribution in [0.5, 0.6) is 0 Å². The maximum absolute atomic E-state index is 12.1. The van der Waals surface area contributed by atoms with Crippen molar-refractivity contribution in [1.82, 2.24) is 0 Å². The molecule has 0 aliphatic carbocycles. The molecule has 3 aromatic rings. The van der Waals surface area contributed by atoms with Crippen LogP contribution in [0.4, 0.5) is 0 Å². The quantitative estimate of drug-likeness (QED) is 0.630. The van der Waals surface area contributed by atoms with Crippen molar-refractivity contribution in [3.63, 3.8) is 0 Å². The van der Waals surface area contributed by atoms with Crippen LogP contribution >= 0.6 is 11.3 Å². The van der Waals surface area contributed by atoms with Gasteiger partial charge in [0.05, 0.1) is 11.1 Å². The van der Waals surface area contributed by atoms with Gasteiger partial charge in [-0.1, -0.05) is 48.0 Å². The largest absolute Gasteiger partial charge is 0.229 e. The van der Waals surface area contributed by atoms with Gasteiger partial charge in [-0.05, 0) is 41.6 Å². The molecule has 0 fully saturated rings. The molecule has 2 nitrogen and oxygen atoms in total. The molecule has 110 valence electrons. The summed E-state index contributed by atoms with van der Waals surface area (Å²) in [5.74, 6) is 0. The second-order valence-corrected chi connectivity index (χ2v) is 7.02. The molecule has 4 heteroatoms. The third kappa shape index (κ3) is 3.59. The Morgan fingerprint density at radius 1 is 1.00 bits per heavy atom. The molecular weight excluding hydrogens is 310 g/mol. The van der Waals surface area contributed by atoms with Crippen molar-refractivity contribution < 1.29 is 4.21 Å². The highest BCUT2D eigenvalue weighted by atomic mass is 32.2. The van der Waals surface area contributed by atoms with Gasteiger partial charge in [0.1, 0.15) is 0 Å². The van der Waals surface area contributed by atoms with Crippen molar-refractivity contribution in [3.05, 3.63) is 76.5 Å². The predicted octanol–water partition coefficient (Wildman–Crippen LogP) is 4.87. The van der Waals surface area contributed by atoms with E-state index in [-0.39, 0.29) is 0 Å². The molecule has 2 aromatic carbocycles. The van der Waals surface area contributed by atoms with Crippen LogP contribution in [0, 0.1) is 6.92 Å². The van der Waals surface area contributed by atoms with Gasteiger partial charge < -0.3 is 0 Å². The summed E-state index contributed by atoms with van der Waals surface area (Å²) in [5, 5.41) is 2.09. The average molecular weight is 325 g/mol. The van der Waals surface area contributed by atoms with Gasteiger partial charge in [0.2, 0.25) is 0 Å². The number of thiophene rings is 1. The summed E-state index contributed by atoms with van der Waals surface area (Å²) in [7, 11) is -1.35. The first-order valence-electron chi connectivity index (χ1n) is 6.89. The molecule has 1 atom stereocenters. The Morgan fingerprint density at radius 2 is 1.73 bits per heavy atom. The summed E-state index contributed by atoms with van der Waals surface area (Å²) in [4.78, 5) is 1.72. The van der Waals surface area contributed by atoms with Crippen molar-refractivity contribution in [1.29, 1.82) is 0 Å². The first-order valence-corrected chi connectivity index (χ1v) is 8.87. The molecule has 0 aliphatic heterocycles. The molecule has 0 saturated heterocycles. The summed E-state index contributed by atoms with van der Waals surface area (Å²) in [6.07, 6.45) is 1.69. The van der Waals surface area contributed by atoms with Gasteiger partial charge in [0.15, 0.2) is 11.0 Å². The fourth-order valence-corrected chi connectivity index (χ4v) is 3.56. The van der Waals surface area contributed by atoms with E-state index in [1.54, 1.807) is 17.6 Å². The number of hydrogen-bond donors (Lipinski definition) is 0. The van der Waals surface area contributed by atoms with Crippen LogP contribution in [-0.2, 0) is 11.0 Å². The van der Waals surface area contributed by atoms with E-state index >= 15 is 0 Å². The molecule has 0 unspecified atom stereocenters. The van der Waals surface area contributed by atoms with Gasteiger partial charge in [-0.2, -0.15) is 4.40 Å². The van der Waals surface area contributed by atoms with Gasteiger partial charge in [0, 0.05) is 4.88 Å². The fraction of sp³-hybridized carbons (Fsp3) is 0.0556. The number of nitrogens with zero attached hydrogens (tertiary/aromatic N) is 1. The van der Waals surface area contributed by atoms with E-state index in [9.17, 15) is 4.21 Å². The maximum Gasteiger partial charge on any atom is 0.172 e. The molecular formula is C18H15NOS2. The lowest BCUT2D eigenvalue weighted by atomic mass is 10.1. The van der Waals surface area contributed by atoms with E-state index < -0.39 is 11.0 Å². The molecule has 1 heterocycles. The molecule has 0 saturated carbocycles. The lowest BCUT2D eigenvalue weighted by molar-refractivity contribution is 0.684. The van der Waals surface area contributed by atoms with E-state index in [4.69, 9.17) is 0 Å². The van der Waals surface area contributed by atoms with Crippen molar-refractivity contribution in [2.75, 3.05) is 0 Å². The number of rotatable bonds is 4. The molecule has 3 rings (SSSR count). The first kappa shape index (κ1) is 14.9. The monoisotopic (exact) mass is 325 g/mol. The Labute approximate surface area is 136 Å². The van der Waals surface area contributed by atoms with Crippen LogP contribution in [0.15, 0.2) is 75.3 Å². The van der Waals surface area contributed by atoms with Gasteiger partial charge in [-0.15, -0.1) is 11.3 Å². The number of benzene rings is 2. The van der Waals surface area contributed by atoms with Gasteiger partial charge in [0.25, 0.3) is 0 Å². The first-order chi connectivity index (χ1) is 10.7. The lowest BCUT2D eigenvalue weighted by Crippen LogP contribution is -1.88. The Bertz CT molecular complexity index is 805. The maximum atomic E-state index is 12.1. The highest BCUT2D eigenvalue weighted by Crippen LogP contribution is 2.24. The van der Waals surface area contributed by atoms with Crippen molar-refractivity contribution in [2.45, 2.75) is 11.8 Å². The van der Waals surface area contributed by atoms with Crippen LogP contribution in [-0.4, -0.2) is 10.4 Å².